The second kappa shape index (κ2) is 10.6. The van der Waals surface area contributed by atoms with E-state index >= 15 is 0 Å². The smallest absolute Gasteiger partial charge is 0.295 e. The van der Waals surface area contributed by atoms with E-state index < -0.39 is 17.7 Å². The third-order valence-electron chi connectivity index (χ3n) is 6.83. The number of hydrogen-bond acceptors (Lipinski definition) is 6. The summed E-state index contributed by atoms with van der Waals surface area (Å²) in [6.45, 7) is 6.47. The zero-order valence-electron chi connectivity index (χ0n) is 22.6. The van der Waals surface area contributed by atoms with Crippen LogP contribution in [0.3, 0.4) is 0 Å². The van der Waals surface area contributed by atoms with Gasteiger partial charge >= 0.3 is 0 Å². The molecule has 7 nitrogen and oxygen atoms in total. The number of carbonyl (C=O) groups excluding carboxylic acids is 2. The first-order valence-electron chi connectivity index (χ1n) is 12.3. The van der Waals surface area contributed by atoms with E-state index in [0.29, 0.717) is 22.8 Å². The van der Waals surface area contributed by atoms with Gasteiger partial charge in [-0.3, -0.25) is 9.59 Å². The SMILES string of the molecule is COc1ccc(OC)c(/C(O)=C2\C(=O)C(=O)N(Cc3ccccc3OC)C2c2ccc(C(C)(C)C)cc2)c1. The lowest BCUT2D eigenvalue weighted by Gasteiger charge is -2.27. The molecule has 1 aliphatic heterocycles. The van der Waals surface area contributed by atoms with Crippen LogP contribution < -0.4 is 14.2 Å². The summed E-state index contributed by atoms with van der Waals surface area (Å²) in [5, 5.41) is 11.6. The molecule has 1 aliphatic rings. The summed E-state index contributed by atoms with van der Waals surface area (Å²) in [7, 11) is 4.54. The van der Waals surface area contributed by atoms with Gasteiger partial charge in [0.15, 0.2) is 0 Å². The maximum Gasteiger partial charge on any atom is 0.295 e. The van der Waals surface area contributed by atoms with Gasteiger partial charge in [-0.1, -0.05) is 63.2 Å². The highest BCUT2D eigenvalue weighted by molar-refractivity contribution is 6.46. The van der Waals surface area contributed by atoms with Crippen LogP contribution in [0.25, 0.3) is 5.76 Å². The second-order valence-electron chi connectivity index (χ2n) is 10.2. The molecule has 1 heterocycles. The van der Waals surface area contributed by atoms with Crippen LogP contribution in [0.4, 0.5) is 0 Å². The number of methoxy groups -OCH3 is 3. The van der Waals surface area contributed by atoms with Crippen molar-refractivity contribution in [1.82, 2.24) is 4.90 Å². The Kier molecular flexibility index (Phi) is 7.49. The summed E-state index contributed by atoms with van der Waals surface area (Å²) in [5.74, 6) is -0.378. The number of ether oxygens (including phenoxy) is 3. The molecule has 4 rings (SSSR count). The number of nitrogens with zero attached hydrogens (tertiary/aromatic N) is 1. The lowest BCUT2D eigenvalue weighted by atomic mass is 9.85. The van der Waals surface area contributed by atoms with Gasteiger partial charge in [-0.25, -0.2) is 0 Å². The summed E-state index contributed by atoms with van der Waals surface area (Å²) in [5.41, 5.74) is 2.73. The minimum Gasteiger partial charge on any atom is -0.507 e. The average Bonchev–Trinajstić information content (AvgIpc) is 3.17. The monoisotopic (exact) mass is 515 g/mol. The summed E-state index contributed by atoms with van der Waals surface area (Å²) < 4.78 is 16.3. The predicted octanol–water partition coefficient (Wildman–Crippen LogP) is 5.63. The summed E-state index contributed by atoms with van der Waals surface area (Å²) in [6, 6.07) is 19.2. The Balaban J connectivity index is 1.92. The molecule has 198 valence electrons. The fraction of sp³-hybridized carbons (Fsp3) is 0.290. The maximum atomic E-state index is 13.5. The van der Waals surface area contributed by atoms with Crippen molar-refractivity contribution in [3.63, 3.8) is 0 Å². The maximum absolute atomic E-state index is 13.5. The molecule has 1 unspecified atom stereocenters. The molecule has 7 heteroatoms. The zero-order chi connectivity index (χ0) is 27.6. The molecular weight excluding hydrogens is 482 g/mol. The van der Waals surface area contributed by atoms with Gasteiger partial charge in [0, 0.05) is 5.56 Å². The number of hydrogen-bond donors (Lipinski definition) is 1. The Morgan fingerprint density at radius 3 is 2.13 bits per heavy atom. The van der Waals surface area contributed by atoms with Gasteiger partial charge in [-0.2, -0.15) is 0 Å². The molecule has 3 aromatic carbocycles. The third-order valence-corrected chi connectivity index (χ3v) is 6.83. The highest BCUT2D eigenvalue weighted by Gasteiger charge is 2.46. The van der Waals surface area contributed by atoms with Crippen LogP contribution in [0, 0.1) is 0 Å². The number of rotatable bonds is 7. The van der Waals surface area contributed by atoms with Crippen molar-refractivity contribution in [3.8, 4) is 17.2 Å². The van der Waals surface area contributed by atoms with Crippen molar-refractivity contribution in [2.75, 3.05) is 21.3 Å². The van der Waals surface area contributed by atoms with E-state index in [-0.39, 0.29) is 28.9 Å². The van der Waals surface area contributed by atoms with Gasteiger partial charge in [0.1, 0.15) is 23.0 Å². The first kappa shape index (κ1) is 26.8. The molecule has 0 aliphatic carbocycles. The predicted molar refractivity (Wildman–Crippen MR) is 146 cm³/mol. The van der Waals surface area contributed by atoms with Gasteiger partial charge in [0.2, 0.25) is 0 Å². The molecule has 0 aromatic heterocycles. The van der Waals surface area contributed by atoms with Crippen LogP contribution in [-0.4, -0.2) is 43.0 Å². The molecule has 1 amide bonds. The van der Waals surface area contributed by atoms with Crippen LogP contribution in [0.2, 0.25) is 0 Å². The van der Waals surface area contributed by atoms with E-state index in [0.717, 1.165) is 11.1 Å². The Morgan fingerprint density at radius 2 is 1.53 bits per heavy atom. The summed E-state index contributed by atoms with van der Waals surface area (Å²) in [6.07, 6.45) is 0. The Bertz CT molecular complexity index is 1380. The molecule has 0 bridgehead atoms. The van der Waals surface area contributed by atoms with E-state index in [4.69, 9.17) is 14.2 Å². The normalized spacial score (nSPS) is 17.0. The van der Waals surface area contributed by atoms with Crippen LogP contribution >= 0.6 is 0 Å². The quantitative estimate of drug-likeness (QED) is 0.249. The fourth-order valence-electron chi connectivity index (χ4n) is 4.72. The van der Waals surface area contributed by atoms with Gasteiger partial charge in [0.25, 0.3) is 11.7 Å². The number of carbonyl (C=O) groups is 2. The van der Waals surface area contributed by atoms with Crippen molar-refractivity contribution >= 4 is 17.4 Å². The van der Waals surface area contributed by atoms with Crippen LogP contribution in [0.5, 0.6) is 17.2 Å². The highest BCUT2D eigenvalue weighted by atomic mass is 16.5. The molecule has 38 heavy (non-hydrogen) atoms. The summed E-state index contributed by atoms with van der Waals surface area (Å²) >= 11 is 0. The van der Waals surface area contributed by atoms with E-state index in [2.05, 4.69) is 20.8 Å². The molecule has 0 saturated carbocycles. The molecule has 3 aromatic rings. The minimum absolute atomic E-state index is 0.0139. The van der Waals surface area contributed by atoms with E-state index in [1.807, 2.05) is 42.5 Å². The third kappa shape index (κ3) is 4.96. The molecule has 1 saturated heterocycles. The van der Waals surface area contributed by atoms with Crippen molar-refractivity contribution in [3.05, 3.63) is 94.6 Å². The highest BCUT2D eigenvalue weighted by Crippen LogP contribution is 2.43. The number of Topliss-reactive ketones (excluding diaryl/α,β-unsaturated/α-hetero) is 1. The van der Waals surface area contributed by atoms with Gasteiger partial charge in [0.05, 0.1) is 45.1 Å². The molecule has 1 N–H and O–H groups in total. The Hall–Kier alpha value is -4.26. The molecule has 1 fully saturated rings. The van der Waals surface area contributed by atoms with E-state index in [1.54, 1.807) is 31.4 Å². The van der Waals surface area contributed by atoms with Crippen LogP contribution in [-0.2, 0) is 21.5 Å². The lowest BCUT2D eigenvalue weighted by molar-refractivity contribution is -0.140. The number of para-hydroxylation sites is 1. The fourth-order valence-corrected chi connectivity index (χ4v) is 4.72. The second-order valence-corrected chi connectivity index (χ2v) is 10.2. The number of amides is 1. The van der Waals surface area contributed by atoms with Crippen molar-refractivity contribution in [2.24, 2.45) is 0 Å². The number of ketones is 1. The first-order chi connectivity index (χ1) is 18.1. The molecule has 0 radical (unpaired) electrons. The average molecular weight is 516 g/mol. The van der Waals surface area contributed by atoms with E-state index in [9.17, 15) is 14.7 Å². The van der Waals surface area contributed by atoms with Gasteiger partial charge in [-0.15, -0.1) is 0 Å². The number of aliphatic hydroxyl groups excluding tert-OH is 1. The van der Waals surface area contributed by atoms with E-state index in [1.165, 1.54) is 19.1 Å². The number of likely N-dealkylation sites (tertiary alicyclic amines) is 1. The van der Waals surface area contributed by atoms with Crippen LogP contribution in [0.1, 0.15) is 49.1 Å². The van der Waals surface area contributed by atoms with Crippen molar-refractivity contribution in [2.45, 2.75) is 38.8 Å². The molecular formula is C31H33NO6. The van der Waals surface area contributed by atoms with Gasteiger partial charge in [-0.05, 0) is 40.8 Å². The number of benzene rings is 3. The topological polar surface area (TPSA) is 85.3 Å². The Morgan fingerprint density at radius 1 is 0.868 bits per heavy atom. The molecule has 0 spiro atoms. The zero-order valence-corrected chi connectivity index (χ0v) is 22.6. The first-order valence-corrected chi connectivity index (χ1v) is 12.3. The van der Waals surface area contributed by atoms with Crippen molar-refractivity contribution < 1.29 is 28.9 Å². The van der Waals surface area contributed by atoms with Crippen LogP contribution in [0.15, 0.2) is 72.3 Å². The largest absolute Gasteiger partial charge is 0.507 e. The summed E-state index contributed by atoms with van der Waals surface area (Å²) in [4.78, 5) is 28.5. The minimum atomic E-state index is -0.829. The lowest BCUT2D eigenvalue weighted by Crippen LogP contribution is -2.29. The van der Waals surface area contributed by atoms with Gasteiger partial charge < -0.3 is 24.2 Å². The molecule has 1 atom stereocenters. The Labute approximate surface area is 223 Å². The number of aliphatic hydroxyl groups is 1. The standard InChI is InChI=1S/C31H33NO6/c1-31(2,3)21-13-11-19(12-14-21)27-26(28(33)23-17-22(36-4)15-16-25(23)38-6)29(34)30(35)32(27)18-20-9-7-8-10-24(20)37-5/h7-17,27,33H,18H2,1-6H3/b28-26+. The van der Waals surface area contributed by atoms with Crippen molar-refractivity contribution in [1.29, 1.82) is 0 Å².